The molecule has 20 heavy (non-hydrogen) atoms. The van der Waals surface area contributed by atoms with Crippen LogP contribution in [0.3, 0.4) is 0 Å². The Morgan fingerprint density at radius 2 is 1.65 bits per heavy atom. The maximum Gasteiger partial charge on any atom is 0.399 e. The molecule has 0 bridgehead atoms. The Kier molecular flexibility index (Phi) is 7.15. The predicted molar refractivity (Wildman–Crippen MR) is 60.3 cm³/mol. The number of amides is 1. The smallest absolute Gasteiger partial charge is 0.388 e. The van der Waals surface area contributed by atoms with Crippen LogP contribution in [0.2, 0.25) is 0 Å². The first-order valence-electron chi connectivity index (χ1n) is 5.10. The Balaban J connectivity index is 4.81. The van der Waals surface area contributed by atoms with Crippen LogP contribution in [0.25, 0.3) is 0 Å². The second kappa shape index (κ2) is 7.58. The highest BCUT2D eigenvalue weighted by molar-refractivity contribution is 7.80. The van der Waals surface area contributed by atoms with Gasteiger partial charge >= 0.3 is 10.4 Å². The lowest BCUT2D eigenvalue weighted by atomic mass is 10.0. The van der Waals surface area contributed by atoms with Gasteiger partial charge < -0.3 is 30.5 Å². The summed E-state index contributed by atoms with van der Waals surface area (Å²) in [5.41, 5.74) is 0. The Morgan fingerprint density at radius 1 is 1.15 bits per heavy atom. The third-order valence-electron chi connectivity index (χ3n) is 2.10. The number of aldehydes is 1. The normalized spacial score (nSPS) is 19.5. The van der Waals surface area contributed by atoms with Gasteiger partial charge in [0, 0.05) is 6.92 Å². The summed E-state index contributed by atoms with van der Waals surface area (Å²) < 4.78 is 32.4. The minimum absolute atomic E-state index is 0.0536. The molecule has 0 aliphatic rings. The molecule has 0 rings (SSSR count). The summed E-state index contributed by atoms with van der Waals surface area (Å²) in [5, 5.41) is 39.2. The van der Waals surface area contributed by atoms with E-state index in [0.717, 1.165) is 6.92 Å². The highest BCUT2D eigenvalue weighted by atomic mass is 32.3. The van der Waals surface area contributed by atoms with Gasteiger partial charge in [-0.2, -0.15) is 8.42 Å². The molecular weight excluding hydrogens is 302 g/mol. The number of aliphatic hydroxyl groups excluding tert-OH is 4. The summed E-state index contributed by atoms with van der Waals surface area (Å²) in [6.45, 7) is 1.02. The average molecular weight is 317 g/mol. The molecule has 0 aromatic heterocycles. The summed E-state index contributed by atoms with van der Waals surface area (Å²) in [5.74, 6) is -0.724. The summed E-state index contributed by atoms with van der Waals surface area (Å²) in [6, 6.07) is -1.62. The average Bonchev–Trinajstić information content (AvgIpc) is 2.30. The Bertz CT molecular complexity index is 437. The molecule has 1 amide bonds. The quantitative estimate of drug-likeness (QED) is 0.146. The zero-order chi connectivity index (χ0) is 16.1. The largest absolute Gasteiger partial charge is 0.399 e. The third-order valence-corrected chi connectivity index (χ3v) is 2.54. The van der Waals surface area contributed by atoms with Gasteiger partial charge in [0.1, 0.15) is 30.6 Å². The van der Waals surface area contributed by atoms with Gasteiger partial charge in [-0.15, -0.1) is 0 Å². The van der Waals surface area contributed by atoms with E-state index in [1.54, 1.807) is 0 Å². The summed E-state index contributed by atoms with van der Waals surface area (Å²) in [6.07, 6.45) is -9.25. The minimum Gasteiger partial charge on any atom is -0.388 e. The first-order chi connectivity index (χ1) is 8.99. The van der Waals surface area contributed by atoms with Gasteiger partial charge in [0.2, 0.25) is 12.2 Å². The van der Waals surface area contributed by atoms with E-state index in [4.69, 9.17) is 9.66 Å². The lowest BCUT2D eigenvalue weighted by molar-refractivity contribution is -0.170. The van der Waals surface area contributed by atoms with Gasteiger partial charge in [-0.25, -0.2) is 4.18 Å². The van der Waals surface area contributed by atoms with E-state index in [9.17, 15) is 33.3 Å². The van der Waals surface area contributed by atoms with E-state index in [2.05, 4.69) is 4.18 Å². The molecule has 0 spiro atoms. The monoisotopic (exact) mass is 317 g/mol. The fraction of sp³-hybridized carbons (Fsp3) is 0.750. The van der Waals surface area contributed by atoms with E-state index in [1.807, 2.05) is 5.32 Å². The molecule has 0 saturated carbocycles. The van der Waals surface area contributed by atoms with E-state index in [0.29, 0.717) is 0 Å². The van der Waals surface area contributed by atoms with Crippen molar-refractivity contribution in [1.29, 1.82) is 0 Å². The van der Waals surface area contributed by atoms with Crippen molar-refractivity contribution in [1.82, 2.24) is 5.32 Å². The number of hydrogen-bond donors (Lipinski definition) is 6. The van der Waals surface area contributed by atoms with Crippen molar-refractivity contribution in [3.63, 3.8) is 0 Å². The Labute approximate surface area is 113 Å². The predicted octanol–water partition coefficient (Wildman–Crippen LogP) is -4.09. The van der Waals surface area contributed by atoms with Crippen molar-refractivity contribution < 1.29 is 47.2 Å². The molecule has 0 radical (unpaired) electrons. The number of carbonyl (C=O) groups is 2. The number of nitrogens with one attached hydrogen (secondary N) is 1. The molecule has 5 atom stereocenters. The molecule has 118 valence electrons. The van der Waals surface area contributed by atoms with E-state index in [-0.39, 0.29) is 6.29 Å². The number of carbonyl (C=O) groups excluding carboxylic acids is 2. The lowest BCUT2D eigenvalue weighted by Crippen LogP contribution is -2.55. The third kappa shape index (κ3) is 6.33. The summed E-state index contributed by atoms with van der Waals surface area (Å²) in [4.78, 5) is 21.3. The number of aliphatic hydroxyl groups is 4. The first-order valence-corrected chi connectivity index (χ1v) is 6.46. The molecule has 0 fully saturated rings. The van der Waals surface area contributed by atoms with Crippen LogP contribution < -0.4 is 5.32 Å². The highest BCUT2D eigenvalue weighted by Gasteiger charge is 2.37. The Morgan fingerprint density at radius 3 is 2.00 bits per heavy atom. The van der Waals surface area contributed by atoms with Crippen molar-refractivity contribution in [3.8, 4) is 0 Å². The molecule has 0 aromatic rings. The highest BCUT2D eigenvalue weighted by Crippen LogP contribution is 2.10. The molecule has 6 N–H and O–H groups in total. The second-order valence-corrected chi connectivity index (χ2v) is 4.80. The van der Waals surface area contributed by atoms with Crippen molar-refractivity contribution in [2.24, 2.45) is 0 Å². The minimum atomic E-state index is -5.11. The van der Waals surface area contributed by atoms with E-state index in [1.165, 1.54) is 0 Å². The molecule has 0 aliphatic heterocycles. The lowest BCUT2D eigenvalue weighted by Gasteiger charge is -2.28. The van der Waals surface area contributed by atoms with Crippen LogP contribution in [-0.2, 0) is 24.2 Å². The maximum atomic E-state index is 10.7. The molecule has 11 nitrogen and oxygen atoms in total. The SMILES string of the molecule is CC(=O)N[C@@H](C=O)[C@@H](O)[C@H](O)C(O)C(O)OS(=O)(=O)O. The molecule has 12 heteroatoms. The van der Waals surface area contributed by atoms with Crippen LogP contribution in [0.1, 0.15) is 6.92 Å². The zero-order valence-electron chi connectivity index (χ0n) is 10.1. The van der Waals surface area contributed by atoms with Crippen LogP contribution in [0.5, 0.6) is 0 Å². The standard InChI is InChI=1S/C8H15NO10S/c1-3(11)9-4(2-10)5(12)6(13)7(14)8(15)19-20(16,17)18/h2,4-8,12-15H,1H3,(H,9,11)(H,16,17,18)/t4-,5+,6-,7?,8?/m0/s1. The molecule has 2 unspecified atom stereocenters. The fourth-order valence-corrected chi connectivity index (χ4v) is 1.56. The molecule has 0 aromatic carbocycles. The molecule has 0 saturated heterocycles. The van der Waals surface area contributed by atoms with Crippen molar-refractivity contribution in [2.75, 3.05) is 0 Å². The maximum absolute atomic E-state index is 10.7. The van der Waals surface area contributed by atoms with E-state index < -0.39 is 46.9 Å². The van der Waals surface area contributed by atoms with Gasteiger partial charge in [-0.3, -0.25) is 9.35 Å². The molecular formula is C8H15NO10S. The van der Waals surface area contributed by atoms with Gasteiger partial charge in [-0.1, -0.05) is 0 Å². The van der Waals surface area contributed by atoms with Crippen LogP contribution in [0, 0.1) is 0 Å². The van der Waals surface area contributed by atoms with Crippen molar-refractivity contribution in [3.05, 3.63) is 0 Å². The first kappa shape index (κ1) is 18.9. The van der Waals surface area contributed by atoms with Gasteiger partial charge in [0.15, 0.2) is 0 Å². The van der Waals surface area contributed by atoms with Crippen LogP contribution in [-0.4, -0.2) is 76.2 Å². The van der Waals surface area contributed by atoms with Gasteiger partial charge in [0.25, 0.3) is 0 Å². The fourth-order valence-electron chi connectivity index (χ4n) is 1.20. The summed E-state index contributed by atoms with van der Waals surface area (Å²) in [7, 11) is -5.11. The summed E-state index contributed by atoms with van der Waals surface area (Å²) >= 11 is 0. The topological polar surface area (TPSA) is 191 Å². The van der Waals surface area contributed by atoms with E-state index >= 15 is 0 Å². The van der Waals surface area contributed by atoms with Crippen molar-refractivity contribution in [2.45, 2.75) is 37.6 Å². The molecule has 0 aliphatic carbocycles. The van der Waals surface area contributed by atoms with Gasteiger partial charge in [0.05, 0.1) is 0 Å². The van der Waals surface area contributed by atoms with Gasteiger partial charge in [-0.05, 0) is 0 Å². The zero-order valence-corrected chi connectivity index (χ0v) is 11.0. The molecule has 0 heterocycles. The van der Waals surface area contributed by atoms with Crippen LogP contribution >= 0.6 is 0 Å². The Hall–Kier alpha value is -1.15. The van der Waals surface area contributed by atoms with Crippen molar-refractivity contribution >= 4 is 22.6 Å². The van der Waals surface area contributed by atoms with Crippen LogP contribution in [0.4, 0.5) is 0 Å². The van der Waals surface area contributed by atoms with Crippen LogP contribution in [0.15, 0.2) is 0 Å². The number of rotatable bonds is 8. The second-order valence-electron chi connectivity index (χ2n) is 3.75. The number of hydrogen-bond acceptors (Lipinski definition) is 9.